The number of carbonyl (C=O) groups is 3. The molecule has 0 saturated carbocycles. The largest absolute Gasteiger partial charge is 0.475 e. The van der Waals surface area contributed by atoms with Gasteiger partial charge in [-0.3, -0.25) is 14.5 Å². The summed E-state index contributed by atoms with van der Waals surface area (Å²) in [5.41, 5.74) is 1.81. The molecular formula is C15H13N3O5. The summed E-state index contributed by atoms with van der Waals surface area (Å²) in [6.45, 7) is 0.267. The summed E-state index contributed by atoms with van der Waals surface area (Å²) in [6, 6.07) is 8.28. The van der Waals surface area contributed by atoms with E-state index in [-0.39, 0.29) is 30.7 Å². The lowest BCUT2D eigenvalue weighted by Gasteiger charge is -2.31. The van der Waals surface area contributed by atoms with Crippen LogP contribution in [0.15, 0.2) is 34.9 Å². The van der Waals surface area contributed by atoms with Crippen LogP contribution in [0.25, 0.3) is 11.3 Å². The van der Waals surface area contributed by atoms with Crippen molar-refractivity contribution in [3.8, 4) is 11.3 Å². The molecule has 1 saturated heterocycles. The maximum Gasteiger partial charge on any atom is 0.374 e. The molecule has 3 rings (SSSR count). The number of likely N-dealkylation sites (N-methyl/N-ethyl adjacent to an activating group) is 1. The Morgan fingerprint density at radius 3 is 2.30 bits per heavy atom. The van der Waals surface area contributed by atoms with E-state index in [1.165, 1.54) is 13.1 Å². The molecular weight excluding hydrogens is 302 g/mol. The van der Waals surface area contributed by atoms with Gasteiger partial charge in [-0.25, -0.2) is 4.79 Å². The number of piperazine rings is 1. The van der Waals surface area contributed by atoms with Gasteiger partial charge in [0.2, 0.25) is 17.6 Å². The molecule has 8 heteroatoms. The lowest BCUT2D eigenvalue weighted by atomic mass is 10.1. The van der Waals surface area contributed by atoms with Gasteiger partial charge in [-0.2, -0.15) is 0 Å². The second-order valence-electron chi connectivity index (χ2n) is 5.13. The highest BCUT2D eigenvalue weighted by atomic mass is 16.5. The number of carboxylic acid groups (broad SMARTS) is 1. The Hall–Kier alpha value is -3.16. The van der Waals surface area contributed by atoms with Gasteiger partial charge >= 0.3 is 5.97 Å². The third-order valence-electron chi connectivity index (χ3n) is 3.65. The molecule has 0 unspecified atom stereocenters. The highest BCUT2D eigenvalue weighted by Gasteiger charge is 2.28. The predicted molar refractivity (Wildman–Crippen MR) is 78.9 cm³/mol. The van der Waals surface area contributed by atoms with Crippen molar-refractivity contribution in [3.05, 3.63) is 36.1 Å². The van der Waals surface area contributed by atoms with Crippen molar-refractivity contribution >= 4 is 23.5 Å². The van der Waals surface area contributed by atoms with E-state index in [0.29, 0.717) is 11.3 Å². The first kappa shape index (κ1) is 14.8. The van der Waals surface area contributed by atoms with Crippen LogP contribution in [0.2, 0.25) is 0 Å². The van der Waals surface area contributed by atoms with Gasteiger partial charge in [-0.15, -0.1) is 0 Å². The Morgan fingerprint density at radius 2 is 1.78 bits per heavy atom. The van der Waals surface area contributed by atoms with Crippen LogP contribution in [0, 0.1) is 0 Å². The first-order valence-electron chi connectivity index (χ1n) is 6.80. The third kappa shape index (κ3) is 2.78. The number of hydrogen-bond acceptors (Lipinski definition) is 6. The van der Waals surface area contributed by atoms with E-state index in [1.807, 2.05) is 0 Å². The number of benzene rings is 1. The lowest BCUT2D eigenvalue weighted by Crippen LogP contribution is -2.52. The summed E-state index contributed by atoms with van der Waals surface area (Å²) < 4.78 is 4.71. The number of aromatic nitrogens is 1. The summed E-state index contributed by atoms with van der Waals surface area (Å²) in [5.74, 6) is -1.94. The summed E-state index contributed by atoms with van der Waals surface area (Å²) in [5, 5.41) is 12.5. The van der Waals surface area contributed by atoms with Crippen LogP contribution in [0.4, 0.5) is 5.69 Å². The van der Waals surface area contributed by atoms with Crippen LogP contribution in [-0.4, -0.2) is 53.1 Å². The molecule has 0 radical (unpaired) electrons. The number of anilines is 1. The van der Waals surface area contributed by atoms with Crippen molar-refractivity contribution in [3.63, 3.8) is 0 Å². The number of nitrogens with zero attached hydrogens (tertiary/aromatic N) is 3. The van der Waals surface area contributed by atoms with Crippen LogP contribution >= 0.6 is 0 Å². The van der Waals surface area contributed by atoms with Crippen LogP contribution < -0.4 is 4.90 Å². The van der Waals surface area contributed by atoms with E-state index in [1.54, 1.807) is 29.2 Å². The monoisotopic (exact) mass is 315 g/mol. The molecule has 1 aromatic heterocycles. The topological polar surface area (TPSA) is 104 Å². The van der Waals surface area contributed by atoms with Gasteiger partial charge in [0.15, 0.2) is 0 Å². The van der Waals surface area contributed by atoms with Gasteiger partial charge in [0.1, 0.15) is 5.69 Å². The third-order valence-corrected chi connectivity index (χ3v) is 3.65. The minimum absolute atomic E-state index is 0.134. The molecule has 0 atom stereocenters. The Kier molecular flexibility index (Phi) is 3.57. The molecule has 118 valence electrons. The Balaban J connectivity index is 1.80. The second kappa shape index (κ2) is 5.56. The quantitative estimate of drug-likeness (QED) is 0.837. The fourth-order valence-electron chi connectivity index (χ4n) is 2.27. The normalized spacial score (nSPS) is 15.2. The molecule has 23 heavy (non-hydrogen) atoms. The molecule has 2 aromatic rings. The molecule has 0 aliphatic carbocycles. The summed E-state index contributed by atoms with van der Waals surface area (Å²) in [6.07, 6.45) is 0. The fourth-order valence-corrected chi connectivity index (χ4v) is 2.27. The Morgan fingerprint density at radius 1 is 1.17 bits per heavy atom. The van der Waals surface area contributed by atoms with Crippen molar-refractivity contribution in [2.75, 3.05) is 25.0 Å². The van der Waals surface area contributed by atoms with Gasteiger partial charge in [0, 0.05) is 24.4 Å². The number of rotatable bonds is 3. The van der Waals surface area contributed by atoms with E-state index >= 15 is 0 Å². The predicted octanol–water partition coefficient (Wildman–Crippen LogP) is 0.845. The van der Waals surface area contributed by atoms with E-state index in [0.717, 1.165) is 10.6 Å². The number of carbonyl (C=O) groups excluding carboxylic acids is 2. The van der Waals surface area contributed by atoms with Gasteiger partial charge in [-0.05, 0) is 12.1 Å². The minimum atomic E-state index is -1.19. The van der Waals surface area contributed by atoms with Crippen molar-refractivity contribution < 1.29 is 24.0 Å². The maximum absolute atomic E-state index is 11.7. The number of hydrogen-bond donors (Lipinski definition) is 1. The minimum Gasteiger partial charge on any atom is -0.475 e. The Labute approximate surface area is 130 Å². The van der Waals surface area contributed by atoms with Crippen molar-refractivity contribution in [2.45, 2.75) is 0 Å². The number of aromatic carboxylic acids is 1. The zero-order chi connectivity index (χ0) is 16.6. The van der Waals surface area contributed by atoms with Crippen LogP contribution in [-0.2, 0) is 9.59 Å². The number of carboxylic acids is 1. The first-order chi connectivity index (χ1) is 11.0. The van der Waals surface area contributed by atoms with Crippen LogP contribution in [0.5, 0.6) is 0 Å². The maximum atomic E-state index is 11.7. The smallest absolute Gasteiger partial charge is 0.374 e. The van der Waals surface area contributed by atoms with Crippen molar-refractivity contribution in [1.29, 1.82) is 0 Å². The van der Waals surface area contributed by atoms with Crippen LogP contribution in [0.1, 0.15) is 10.6 Å². The van der Waals surface area contributed by atoms with Crippen LogP contribution in [0.3, 0.4) is 0 Å². The Bertz CT molecular complexity index is 763. The van der Waals surface area contributed by atoms with Gasteiger partial charge in [0.05, 0.1) is 13.1 Å². The molecule has 1 N–H and O–H groups in total. The summed E-state index contributed by atoms with van der Waals surface area (Å²) in [4.78, 5) is 37.0. The highest BCUT2D eigenvalue weighted by Crippen LogP contribution is 2.24. The van der Waals surface area contributed by atoms with Gasteiger partial charge in [-0.1, -0.05) is 17.3 Å². The molecule has 0 spiro atoms. The van der Waals surface area contributed by atoms with E-state index < -0.39 is 5.97 Å². The van der Waals surface area contributed by atoms with E-state index in [9.17, 15) is 14.4 Å². The highest BCUT2D eigenvalue weighted by molar-refractivity contribution is 6.02. The fraction of sp³-hybridized carbons (Fsp3) is 0.200. The number of imide groups is 1. The summed E-state index contributed by atoms with van der Waals surface area (Å²) in [7, 11) is 1.47. The molecule has 1 fully saturated rings. The molecule has 1 aliphatic rings. The molecule has 0 bridgehead atoms. The molecule has 1 aliphatic heterocycles. The standard InChI is InChI=1S/C15H13N3O5/c1-17-13(19)7-18(8-14(17)20)10-4-2-9(3-5-10)11-6-12(15(21)22)23-16-11/h2-6H,7-8H2,1H3,(H,21,22). The van der Waals surface area contributed by atoms with E-state index in [4.69, 9.17) is 9.63 Å². The SMILES string of the molecule is CN1C(=O)CN(c2ccc(-c3cc(C(=O)O)on3)cc2)CC1=O. The molecule has 2 amide bonds. The van der Waals surface area contributed by atoms with Gasteiger partial charge < -0.3 is 14.5 Å². The second-order valence-corrected chi connectivity index (χ2v) is 5.13. The molecule has 2 heterocycles. The molecule has 8 nitrogen and oxygen atoms in total. The average molecular weight is 315 g/mol. The van der Waals surface area contributed by atoms with Gasteiger partial charge in [0.25, 0.3) is 0 Å². The average Bonchev–Trinajstić information content (AvgIpc) is 3.02. The van der Waals surface area contributed by atoms with E-state index in [2.05, 4.69) is 5.16 Å². The van der Waals surface area contributed by atoms with Crippen molar-refractivity contribution in [2.24, 2.45) is 0 Å². The first-order valence-corrected chi connectivity index (χ1v) is 6.80. The van der Waals surface area contributed by atoms with Crippen molar-refractivity contribution in [1.82, 2.24) is 10.1 Å². The zero-order valence-electron chi connectivity index (χ0n) is 12.2. The number of amides is 2. The zero-order valence-corrected chi connectivity index (χ0v) is 12.2. The lowest BCUT2D eigenvalue weighted by molar-refractivity contribution is -0.143. The summed E-state index contributed by atoms with van der Waals surface area (Å²) >= 11 is 0. The molecule has 1 aromatic carbocycles.